The van der Waals surface area contributed by atoms with E-state index in [9.17, 15) is 8.78 Å². The molecule has 1 aliphatic carbocycles. The van der Waals surface area contributed by atoms with Crippen molar-refractivity contribution in [3.8, 4) is 11.8 Å². The highest BCUT2D eigenvalue weighted by Crippen LogP contribution is 2.37. The number of benzene rings is 2. The van der Waals surface area contributed by atoms with Gasteiger partial charge in [0.2, 0.25) is 5.82 Å². The molecule has 0 saturated heterocycles. The van der Waals surface area contributed by atoms with E-state index in [4.69, 9.17) is 10.00 Å². The van der Waals surface area contributed by atoms with E-state index < -0.39 is 11.6 Å². The Morgan fingerprint density at radius 1 is 0.966 bits per heavy atom. The predicted molar refractivity (Wildman–Crippen MR) is 111 cm³/mol. The molecule has 0 spiro atoms. The Bertz CT molecular complexity index is 833. The van der Waals surface area contributed by atoms with Gasteiger partial charge in [0, 0.05) is 0 Å². The minimum absolute atomic E-state index is 0.159. The van der Waals surface area contributed by atoms with Gasteiger partial charge in [-0.3, -0.25) is 0 Å². The lowest BCUT2D eigenvalue weighted by Crippen LogP contribution is -2.13. The van der Waals surface area contributed by atoms with Gasteiger partial charge in [-0.15, -0.1) is 0 Å². The standard InChI is InChI=1S/C25H29F2NO/c1-2-3-4-5-18-6-10-20(11-7-18)21-12-8-19(9-13-21)17-29-23-15-14-22(16-28)24(26)25(23)27/h8-9,12-15,18,20H,2-7,10-11,17H2,1H3. The fourth-order valence-corrected chi connectivity index (χ4v) is 4.24. The molecule has 0 aromatic heterocycles. The molecule has 0 radical (unpaired) electrons. The van der Waals surface area contributed by atoms with E-state index in [-0.39, 0.29) is 17.9 Å². The number of hydrogen-bond acceptors (Lipinski definition) is 2. The van der Waals surface area contributed by atoms with Crippen LogP contribution in [-0.2, 0) is 6.61 Å². The topological polar surface area (TPSA) is 33.0 Å². The van der Waals surface area contributed by atoms with Gasteiger partial charge < -0.3 is 4.74 Å². The van der Waals surface area contributed by atoms with Gasteiger partial charge in [-0.1, -0.05) is 56.9 Å². The summed E-state index contributed by atoms with van der Waals surface area (Å²) in [7, 11) is 0. The lowest BCUT2D eigenvalue weighted by atomic mass is 9.77. The molecule has 0 atom stereocenters. The molecular formula is C25H29F2NO. The second-order valence-electron chi connectivity index (χ2n) is 8.09. The highest BCUT2D eigenvalue weighted by molar-refractivity contribution is 5.38. The van der Waals surface area contributed by atoms with Crippen LogP contribution in [0.25, 0.3) is 0 Å². The van der Waals surface area contributed by atoms with Crippen LogP contribution in [0.4, 0.5) is 8.78 Å². The molecule has 29 heavy (non-hydrogen) atoms. The predicted octanol–water partition coefficient (Wildman–Crippen LogP) is 7.27. The van der Waals surface area contributed by atoms with E-state index in [1.807, 2.05) is 12.1 Å². The second-order valence-corrected chi connectivity index (χ2v) is 8.09. The van der Waals surface area contributed by atoms with Crippen molar-refractivity contribution in [2.75, 3.05) is 0 Å². The van der Waals surface area contributed by atoms with Crippen LogP contribution in [0.2, 0.25) is 0 Å². The highest BCUT2D eigenvalue weighted by Gasteiger charge is 2.22. The van der Waals surface area contributed by atoms with Crippen molar-refractivity contribution in [2.24, 2.45) is 5.92 Å². The summed E-state index contributed by atoms with van der Waals surface area (Å²) < 4.78 is 33.0. The van der Waals surface area contributed by atoms with Crippen LogP contribution < -0.4 is 4.74 Å². The quantitative estimate of drug-likeness (QED) is 0.439. The number of nitriles is 1. The first-order chi connectivity index (χ1) is 14.1. The molecule has 1 fully saturated rings. The van der Waals surface area contributed by atoms with Crippen molar-refractivity contribution in [1.82, 2.24) is 0 Å². The minimum atomic E-state index is -1.16. The number of halogens is 2. The first-order valence-electron chi connectivity index (χ1n) is 10.7. The van der Waals surface area contributed by atoms with Gasteiger partial charge >= 0.3 is 0 Å². The summed E-state index contributed by atoms with van der Waals surface area (Å²) in [4.78, 5) is 0. The zero-order valence-electron chi connectivity index (χ0n) is 17.1. The van der Waals surface area contributed by atoms with Gasteiger partial charge in [0.15, 0.2) is 11.6 Å². The summed E-state index contributed by atoms with van der Waals surface area (Å²) in [6.07, 6.45) is 10.5. The summed E-state index contributed by atoms with van der Waals surface area (Å²) in [5, 5.41) is 8.74. The average Bonchev–Trinajstić information content (AvgIpc) is 2.76. The van der Waals surface area contributed by atoms with Gasteiger partial charge in [0.25, 0.3) is 0 Å². The zero-order chi connectivity index (χ0) is 20.6. The zero-order valence-corrected chi connectivity index (χ0v) is 17.1. The van der Waals surface area contributed by atoms with Gasteiger partial charge in [0.1, 0.15) is 12.7 Å². The van der Waals surface area contributed by atoms with Crippen LogP contribution in [0.15, 0.2) is 36.4 Å². The van der Waals surface area contributed by atoms with Gasteiger partial charge in [-0.25, -0.2) is 4.39 Å². The van der Waals surface area contributed by atoms with E-state index in [0.717, 1.165) is 11.5 Å². The monoisotopic (exact) mass is 397 g/mol. The lowest BCUT2D eigenvalue weighted by molar-refractivity contribution is 0.284. The van der Waals surface area contributed by atoms with Crippen molar-refractivity contribution >= 4 is 0 Å². The van der Waals surface area contributed by atoms with Gasteiger partial charge in [-0.05, 0) is 60.8 Å². The fourth-order valence-electron chi connectivity index (χ4n) is 4.24. The molecular weight excluding hydrogens is 368 g/mol. The normalized spacial score (nSPS) is 19.0. The van der Waals surface area contributed by atoms with Crippen molar-refractivity contribution < 1.29 is 13.5 Å². The third-order valence-electron chi connectivity index (χ3n) is 6.08. The average molecular weight is 398 g/mol. The maximum atomic E-state index is 13.9. The third kappa shape index (κ3) is 5.56. The molecule has 2 nitrogen and oxygen atoms in total. The molecule has 0 amide bonds. The second kappa shape index (κ2) is 10.4. The minimum Gasteiger partial charge on any atom is -0.486 e. The molecule has 1 saturated carbocycles. The molecule has 154 valence electrons. The van der Waals surface area contributed by atoms with E-state index >= 15 is 0 Å². The molecule has 0 aliphatic heterocycles. The van der Waals surface area contributed by atoms with Crippen LogP contribution in [-0.4, -0.2) is 0 Å². The molecule has 4 heteroatoms. The van der Waals surface area contributed by atoms with Gasteiger partial charge in [-0.2, -0.15) is 9.65 Å². The largest absolute Gasteiger partial charge is 0.486 e. The van der Waals surface area contributed by atoms with Crippen LogP contribution in [0.1, 0.15) is 80.9 Å². The first-order valence-corrected chi connectivity index (χ1v) is 10.7. The molecule has 0 heterocycles. The van der Waals surface area contributed by atoms with E-state index in [1.54, 1.807) is 6.07 Å². The van der Waals surface area contributed by atoms with E-state index in [2.05, 4.69) is 19.1 Å². The summed E-state index contributed by atoms with van der Waals surface area (Å²) >= 11 is 0. The molecule has 0 unspecified atom stereocenters. The fraction of sp³-hybridized carbons (Fsp3) is 0.480. The van der Waals surface area contributed by atoms with Crippen LogP contribution >= 0.6 is 0 Å². The molecule has 0 N–H and O–H groups in total. The number of ether oxygens (including phenoxy) is 1. The number of unbranched alkanes of at least 4 members (excludes halogenated alkanes) is 2. The Balaban J connectivity index is 1.51. The molecule has 2 aromatic carbocycles. The summed E-state index contributed by atoms with van der Waals surface area (Å²) in [6.45, 7) is 2.41. The number of hydrogen-bond donors (Lipinski definition) is 0. The van der Waals surface area contributed by atoms with Crippen molar-refractivity contribution in [1.29, 1.82) is 5.26 Å². The number of rotatable bonds is 8. The first kappa shape index (κ1) is 21.3. The van der Waals surface area contributed by atoms with Crippen molar-refractivity contribution in [2.45, 2.75) is 70.8 Å². The van der Waals surface area contributed by atoms with E-state index in [0.29, 0.717) is 5.92 Å². The Labute approximate surface area is 172 Å². The smallest absolute Gasteiger partial charge is 0.202 e. The maximum absolute atomic E-state index is 13.9. The molecule has 2 aromatic rings. The Hall–Kier alpha value is -2.41. The summed E-state index contributed by atoms with van der Waals surface area (Å²) in [6, 6.07) is 12.4. The molecule has 1 aliphatic rings. The SMILES string of the molecule is CCCCCC1CCC(c2ccc(COc3ccc(C#N)c(F)c3F)cc2)CC1. The number of nitrogens with zero attached hydrogens (tertiary/aromatic N) is 1. The van der Waals surface area contributed by atoms with Crippen molar-refractivity contribution in [3.05, 3.63) is 64.7 Å². The Morgan fingerprint density at radius 2 is 1.69 bits per heavy atom. The summed E-state index contributed by atoms with van der Waals surface area (Å²) in [5.41, 5.74) is 1.95. The Kier molecular flexibility index (Phi) is 7.63. The third-order valence-corrected chi connectivity index (χ3v) is 6.08. The van der Waals surface area contributed by atoms with E-state index in [1.165, 1.54) is 69.1 Å². The Morgan fingerprint density at radius 3 is 2.34 bits per heavy atom. The maximum Gasteiger partial charge on any atom is 0.202 e. The van der Waals surface area contributed by atoms with Crippen molar-refractivity contribution in [3.63, 3.8) is 0 Å². The van der Waals surface area contributed by atoms with Crippen LogP contribution in [0.5, 0.6) is 5.75 Å². The van der Waals surface area contributed by atoms with Crippen LogP contribution in [0, 0.1) is 28.9 Å². The molecule has 3 rings (SSSR count). The van der Waals surface area contributed by atoms with Gasteiger partial charge in [0.05, 0.1) is 5.56 Å². The highest BCUT2D eigenvalue weighted by atomic mass is 19.2. The summed E-state index contributed by atoms with van der Waals surface area (Å²) in [5.74, 6) is -0.931. The lowest BCUT2D eigenvalue weighted by Gasteiger charge is -2.29. The van der Waals surface area contributed by atoms with Crippen LogP contribution in [0.3, 0.4) is 0 Å². The molecule has 0 bridgehead atoms.